The van der Waals surface area contributed by atoms with Gasteiger partial charge in [-0.15, -0.1) is 0 Å². The van der Waals surface area contributed by atoms with Crippen LogP contribution in [-0.4, -0.2) is 19.3 Å². The Labute approximate surface area is 113 Å². The zero-order chi connectivity index (χ0) is 13.9. The molecule has 4 fully saturated rings. The Morgan fingerprint density at radius 1 is 1.00 bits per heavy atom. The van der Waals surface area contributed by atoms with E-state index in [1.165, 1.54) is 19.3 Å². The molecule has 0 aromatic heterocycles. The van der Waals surface area contributed by atoms with Crippen LogP contribution in [0.1, 0.15) is 52.4 Å². The van der Waals surface area contributed by atoms with Crippen LogP contribution in [0.5, 0.6) is 0 Å². The molecule has 4 heteroatoms. The van der Waals surface area contributed by atoms with Crippen molar-refractivity contribution in [3.63, 3.8) is 0 Å². The van der Waals surface area contributed by atoms with Gasteiger partial charge < -0.3 is 5.32 Å². The van der Waals surface area contributed by atoms with Gasteiger partial charge in [-0.05, 0) is 60.7 Å². The van der Waals surface area contributed by atoms with E-state index in [1.807, 2.05) is 0 Å². The number of nitrogens with one attached hydrogen (secondary N) is 1. The second kappa shape index (κ2) is 3.90. The predicted molar refractivity (Wildman–Crippen MR) is 68.8 cm³/mol. The molecule has 0 aliphatic heterocycles. The molecule has 4 bridgehead atoms. The van der Waals surface area contributed by atoms with Crippen molar-refractivity contribution in [3.8, 4) is 0 Å². The normalized spacial score (nSPS) is 48.8. The molecule has 0 aromatic rings. The van der Waals surface area contributed by atoms with Crippen LogP contribution in [0.25, 0.3) is 0 Å². The second-order valence-corrected chi connectivity index (χ2v) is 8.35. The molecule has 2 atom stereocenters. The van der Waals surface area contributed by atoms with Crippen LogP contribution in [-0.2, 0) is 0 Å². The summed E-state index contributed by atoms with van der Waals surface area (Å²) in [4.78, 5) is 0. The Hall–Kier alpha value is -0.250. The first kappa shape index (κ1) is 13.7. The molecular weight excluding hydrogens is 251 g/mol. The lowest BCUT2D eigenvalue weighted by atomic mass is 9.40. The van der Waals surface area contributed by atoms with E-state index in [2.05, 4.69) is 19.2 Å². The third kappa shape index (κ3) is 2.65. The molecule has 0 aromatic carbocycles. The number of alkyl halides is 3. The summed E-state index contributed by atoms with van der Waals surface area (Å²) in [6, 6.07) is 0. The van der Waals surface area contributed by atoms with Crippen molar-refractivity contribution in [2.45, 2.75) is 58.5 Å². The van der Waals surface area contributed by atoms with E-state index in [1.54, 1.807) is 0 Å². The topological polar surface area (TPSA) is 12.0 Å². The molecular formula is C15H24F3N. The highest BCUT2D eigenvalue weighted by Gasteiger charge is 2.59. The fraction of sp³-hybridized carbons (Fsp3) is 1.00. The van der Waals surface area contributed by atoms with Gasteiger partial charge in [-0.1, -0.05) is 13.8 Å². The molecule has 4 saturated carbocycles. The molecule has 0 spiro atoms. The molecule has 1 N–H and O–H groups in total. The van der Waals surface area contributed by atoms with Crippen molar-refractivity contribution in [1.29, 1.82) is 0 Å². The average molecular weight is 275 g/mol. The lowest BCUT2D eigenvalue weighted by molar-refractivity contribution is -0.151. The molecule has 4 aliphatic rings. The Kier molecular flexibility index (Phi) is 2.81. The Balaban J connectivity index is 1.70. The molecule has 0 radical (unpaired) electrons. The predicted octanol–water partition coefficient (Wildman–Crippen LogP) is 4.13. The van der Waals surface area contributed by atoms with Gasteiger partial charge in [0.25, 0.3) is 0 Å². The van der Waals surface area contributed by atoms with Gasteiger partial charge in [-0.3, -0.25) is 0 Å². The van der Waals surface area contributed by atoms with Crippen LogP contribution >= 0.6 is 0 Å². The van der Waals surface area contributed by atoms with E-state index in [0.29, 0.717) is 17.4 Å². The third-order valence-electron chi connectivity index (χ3n) is 5.57. The van der Waals surface area contributed by atoms with Crippen LogP contribution in [0.3, 0.4) is 0 Å². The van der Waals surface area contributed by atoms with E-state index in [9.17, 15) is 13.2 Å². The maximum Gasteiger partial charge on any atom is 0.401 e. The first-order chi connectivity index (χ1) is 8.61. The summed E-state index contributed by atoms with van der Waals surface area (Å²) >= 11 is 0. The molecule has 2 unspecified atom stereocenters. The van der Waals surface area contributed by atoms with Gasteiger partial charge in [0.15, 0.2) is 0 Å². The van der Waals surface area contributed by atoms with E-state index in [-0.39, 0.29) is 5.41 Å². The van der Waals surface area contributed by atoms with Gasteiger partial charge in [0.1, 0.15) is 0 Å². The highest BCUT2D eigenvalue weighted by molar-refractivity contribution is 5.10. The lowest BCUT2D eigenvalue weighted by Gasteiger charge is -2.65. The minimum atomic E-state index is -4.09. The zero-order valence-corrected chi connectivity index (χ0v) is 11.9. The Morgan fingerprint density at radius 3 is 2.05 bits per heavy atom. The maximum atomic E-state index is 12.3. The SMILES string of the molecule is CC12CC3CC(C)(C1)CC(CNCC(F)(F)F)(C3)C2. The third-order valence-corrected chi connectivity index (χ3v) is 5.57. The Morgan fingerprint density at radius 2 is 1.58 bits per heavy atom. The van der Waals surface area contributed by atoms with Gasteiger partial charge in [0.2, 0.25) is 0 Å². The highest BCUT2D eigenvalue weighted by Crippen LogP contribution is 2.69. The number of hydrogen-bond donors (Lipinski definition) is 1. The quantitative estimate of drug-likeness (QED) is 0.816. The minimum Gasteiger partial charge on any atom is -0.308 e. The van der Waals surface area contributed by atoms with Crippen molar-refractivity contribution < 1.29 is 13.2 Å². The number of rotatable bonds is 3. The van der Waals surface area contributed by atoms with Crippen molar-refractivity contribution in [3.05, 3.63) is 0 Å². The molecule has 0 saturated heterocycles. The smallest absolute Gasteiger partial charge is 0.308 e. The summed E-state index contributed by atoms with van der Waals surface area (Å²) in [5.74, 6) is 0.749. The van der Waals surface area contributed by atoms with Crippen LogP contribution in [0.2, 0.25) is 0 Å². The maximum absolute atomic E-state index is 12.3. The van der Waals surface area contributed by atoms with E-state index in [0.717, 1.165) is 25.2 Å². The molecule has 0 heterocycles. The van der Waals surface area contributed by atoms with Gasteiger partial charge in [-0.2, -0.15) is 13.2 Å². The fourth-order valence-electron chi connectivity index (χ4n) is 6.35. The van der Waals surface area contributed by atoms with Gasteiger partial charge in [-0.25, -0.2) is 0 Å². The van der Waals surface area contributed by atoms with E-state index < -0.39 is 12.7 Å². The zero-order valence-electron chi connectivity index (χ0n) is 11.9. The standard InChI is InChI=1S/C15H24F3N/c1-12-3-11-4-13(2,6-12)8-14(5-11,7-12)9-19-10-15(16,17)18/h11,19H,3-10H2,1-2H3. The molecule has 4 aliphatic carbocycles. The largest absolute Gasteiger partial charge is 0.401 e. The summed E-state index contributed by atoms with van der Waals surface area (Å²) < 4.78 is 36.9. The molecule has 4 rings (SSSR count). The van der Waals surface area contributed by atoms with Gasteiger partial charge in [0, 0.05) is 6.54 Å². The first-order valence-corrected chi connectivity index (χ1v) is 7.39. The van der Waals surface area contributed by atoms with Crippen molar-refractivity contribution in [1.82, 2.24) is 5.32 Å². The molecule has 19 heavy (non-hydrogen) atoms. The fourth-order valence-corrected chi connectivity index (χ4v) is 6.35. The van der Waals surface area contributed by atoms with Crippen molar-refractivity contribution in [2.24, 2.45) is 22.2 Å². The summed E-state index contributed by atoms with van der Waals surface area (Å²) in [5, 5.41) is 2.69. The summed E-state index contributed by atoms with van der Waals surface area (Å²) in [6.45, 7) is 4.42. The molecule has 0 amide bonds. The summed E-state index contributed by atoms with van der Waals surface area (Å²) in [6.07, 6.45) is 3.16. The van der Waals surface area contributed by atoms with Crippen LogP contribution in [0, 0.1) is 22.2 Å². The number of halogens is 3. The second-order valence-electron chi connectivity index (χ2n) is 8.35. The van der Waals surface area contributed by atoms with Crippen molar-refractivity contribution >= 4 is 0 Å². The van der Waals surface area contributed by atoms with Crippen LogP contribution < -0.4 is 5.32 Å². The number of hydrogen-bond acceptors (Lipinski definition) is 1. The van der Waals surface area contributed by atoms with E-state index in [4.69, 9.17) is 0 Å². The highest BCUT2D eigenvalue weighted by atomic mass is 19.4. The van der Waals surface area contributed by atoms with Crippen LogP contribution in [0.4, 0.5) is 13.2 Å². The van der Waals surface area contributed by atoms with Gasteiger partial charge >= 0.3 is 6.18 Å². The van der Waals surface area contributed by atoms with Crippen molar-refractivity contribution in [2.75, 3.05) is 13.1 Å². The summed E-state index contributed by atoms with van der Waals surface area (Å²) in [7, 11) is 0. The Bertz CT molecular complexity index is 358. The van der Waals surface area contributed by atoms with Gasteiger partial charge in [0.05, 0.1) is 6.54 Å². The molecule has 110 valence electrons. The first-order valence-electron chi connectivity index (χ1n) is 7.39. The monoisotopic (exact) mass is 275 g/mol. The summed E-state index contributed by atoms with van der Waals surface area (Å²) in [5.41, 5.74) is 0.899. The average Bonchev–Trinajstić information content (AvgIpc) is 2.07. The molecule has 1 nitrogen and oxygen atoms in total. The van der Waals surface area contributed by atoms with Crippen LogP contribution in [0.15, 0.2) is 0 Å². The minimum absolute atomic E-state index is 0.133. The van der Waals surface area contributed by atoms with E-state index >= 15 is 0 Å². The lowest BCUT2D eigenvalue weighted by Crippen LogP contribution is -2.58.